The van der Waals surface area contributed by atoms with Gasteiger partial charge in [0.25, 0.3) is 0 Å². The molecule has 0 heterocycles. The molecule has 0 amide bonds. The maximum atomic E-state index is 12.5. The molecule has 1 atom stereocenters. The number of nitrogens with zero attached hydrogens (tertiary/aromatic N) is 1. The molecule has 0 fully saturated rings. The van der Waals surface area contributed by atoms with Gasteiger partial charge in [0.15, 0.2) is 0 Å². The largest absolute Gasteiger partial charge is 0.303 e. The lowest BCUT2D eigenvalue weighted by Crippen LogP contribution is -2.16. The molecule has 0 saturated heterocycles. The highest BCUT2D eigenvalue weighted by Gasteiger charge is 2.06. The minimum Gasteiger partial charge on any atom is -0.303 e. The van der Waals surface area contributed by atoms with E-state index in [1.807, 2.05) is 40.1 Å². The predicted molar refractivity (Wildman–Crippen MR) is 59.9 cm³/mol. The topological polar surface area (TPSA) is 3.24 Å². The first kappa shape index (κ1) is 13.1. The fraction of sp³-hybridized carbons (Fsp3) is 0.500. The molecule has 0 N–H and O–H groups in total. The summed E-state index contributed by atoms with van der Waals surface area (Å²) >= 11 is 0. The summed E-state index contributed by atoms with van der Waals surface area (Å²) in [6.45, 7) is 6.09. The first-order valence-corrected chi connectivity index (χ1v) is 5.03. The molecule has 0 saturated carbocycles. The van der Waals surface area contributed by atoms with Crippen molar-refractivity contribution >= 4 is 0 Å². The van der Waals surface area contributed by atoms with Crippen molar-refractivity contribution in [1.82, 2.24) is 4.90 Å². The normalized spacial score (nSPS) is 11.9. The van der Waals surface area contributed by atoms with Gasteiger partial charge in [-0.25, -0.2) is 4.39 Å². The summed E-state index contributed by atoms with van der Waals surface area (Å²) in [4.78, 5) is 2.09. The van der Waals surface area contributed by atoms with Crippen molar-refractivity contribution in [1.29, 1.82) is 0 Å². The van der Waals surface area contributed by atoms with Crippen LogP contribution in [0.25, 0.3) is 0 Å². The molecule has 0 aliphatic heterocycles. The van der Waals surface area contributed by atoms with Crippen LogP contribution in [0.15, 0.2) is 24.3 Å². The van der Waals surface area contributed by atoms with E-state index in [1.54, 1.807) is 0 Å². The van der Waals surface area contributed by atoms with Gasteiger partial charge in [-0.05, 0) is 38.7 Å². The van der Waals surface area contributed by atoms with Gasteiger partial charge in [0.05, 0.1) is 0 Å². The van der Waals surface area contributed by atoms with Crippen LogP contribution < -0.4 is 0 Å². The summed E-state index contributed by atoms with van der Waals surface area (Å²) < 4.78 is 12.5. The summed E-state index contributed by atoms with van der Waals surface area (Å²) in [6, 6.07) is 6.97. The van der Waals surface area contributed by atoms with Crippen molar-refractivity contribution < 1.29 is 4.39 Å². The van der Waals surface area contributed by atoms with Crippen LogP contribution in [0.2, 0.25) is 0 Å². The van der Waals surface area contributed by atoms with Gasteiger partial charge in [0.1, 0.15) is 5.82 Å². The van der Waals surface area contributed by atoms with Gasteiger partial charge in [-0.1, -0.05) is 26.0 Å². The lowest BCUT2D eigenvalue weighted by atomic mass is 10.1. The molecule has 1 aromatic carbocycles. The number of hydrogen-bond donors (Lipinski definition) is 0. The van der Waals surface area contributed by atoms with Crippen molar-refractivity contribution in [3.63, 3.8) is 0 Å². The Hall–Kier alpha value is -0.890. The molecule has 0 bridgehead atoms. The highest BCUT2D eigenvalue weighted by Crippen LogP contribution is 2.16. The Morgan fingerprint density at radius 3 is 1.86 bits per heavy atom. The maximum Gasteiger partial charge on any atom is 0.123 e. The Bertz CT molecular complexity index is 241. The molecule has 0 aromatic heterocycles. The van der Waals surface area contributed by atoms with E-state index in [1.165, 1.54) is 12.1 Å². The van der Waals surface area contributed by atoms with Gasteiger partial charge in [-0.2, -0.15) is 0 Å². The van der Waals surface area contributed by atoms with Gasteiger partial charge in [-0.15, -0.1) is 0 Å². The highest BCUT2D eigenvalue weighted by molar-refractivity contribution is 5.19. The second-order valence-electron chi connectivity index (χ2n) is 3.19. The Balaban J connectivity index is 0.000000791. The number of benzene rings is 1. The summed E-state index contributed by atoms with van der Waals surface area (Å²) in [6.07, 6.45) is 0. The molecule has 0 radical (unpaired) electrons. The van der Waals surface area contributed by atoms with Crippen LogP contribution in [0, 0.1) is 5.82 Å². The summed E-state index contributed by atoms with van der Waals surface area (Å²) in [5.41, 5.74) is 1.14. The second kappa shape index (κ2) is 6.55. The lowest BCUT2D eigenvalue weighted by molar-refractivity contribution is 0.321. The van der Waals surface area contributed by atoms with Crippen molar-refractivity contribution in [3.05, 3.63) is 35.6 Å². The average Bonchev–Trinajstić information content (AvgIpc) is 2.21. The van der Waals surface area contributed by atoms with Crippen LogP contribution in [0.1, 0.15) is 32.4 Å². The van der Waals surface area contributed by atoms with Crippen LogP contribution >= 0.6 is 0 Å². The fourth-order valence-electron chi connectivity index (χ4n) is 1.04. The maximum absolute atomic E-state index is 12.5. The van der Waals surface area contributed by atoms with Gasteiger partial charge in [0, 0.05) is 6.04 Å². The van der Waals surface area contributed by atoms with Crippen molar-refractivity contribution in [2.24, 2.45) is 0 Å². The van der Waals surface area contributed by atoms with Gasteiger partial charge in [-0.3, -0.25) is 0 Å². The van der Waals surface area contributed by atoms with Crippen molar-refractivity contribution in [3.8, 4) is 0 Å². The molecule has 0 spiro atoms. The third-order valence-electron chi connectivity index (χ3n) is 2.13. The van der Waals surface area contributed by atoms with Gasteiger partial charge >= 0.3 is 0 Å². The zero-order chi connectivity index (χ0) is 11.1. The zero-order valence-electron chi connectivity index (χ0n) is 9.71. The molecule has 14 heavy (non-hydrogen) atoms. The van der Waals surface area contributed by atoms with Gasteiger partial charge < -0.3 is 4.90 Å². The summed E-state index contributed by atoms with van der Waals surface area (Å²) in [7, 11) is 4.02. The molecular weight excluding hydrogens is 177 g/mol. The Kier molecular flexibility index (Phi) is 6.13. The van der Waals surface area contributed by atoms with Crippen LogP contribution in [-0.4, -0.2) is 19.0 Å². The molecular formula is C12H20FN. The third kappa shape index (κ3) is 3.88. The van der Waals surface area contributed by atoms with E-state index in [-0.39, 0.29) is 5.82 Å². The Labute approximate surface area is 86.6 Å². The second-order valence-corrected chi connectivity index (χ2v) is 3.19. The van der Waals surface area contributed by atoms with E-state index in [9.17, 15) is 4.39 Å². The van der Waals surface area contributed by atoms with E-state index < -0.39 is 0 Å². The minimum absolute atomic E-state index is 0.176. The molecule has 0 aliphatic carbocycles. The third-order valence-corrected chi connectivity index (χ3v) is 2.13. The quantitative estimate of drug-likeness (QED) is 0.701. The van der Waals surface area contributed by atoms with E-state index in [0.717, 1.165) is 5.56 Å². The smallest absolute Gasteiger partial charge is 0.123 e. The summed E-state index contributed by atoms with van der Waals surface area (Å²) in [5.74, 6) is -0.176. The first-order valence-electron chi connectivity index (χ1n) is 5.03. The molecule has 80 valence electrons. The predicted octanol–water partition coefficient (Wildman–Crippen LogP) is 3.47. The van der Waals surface area contributed by atoms with E-state index in [2.05, 4.69) is 11.8 Å². The molecule has 2 heteroatoms. The van der Waals surface area contributed by atoms with Crippen LogP contribution in [0.5, 0.6) is 0 Å². The fourth-order valence-corrected chi connectivity index (χ4v) is 1.04. The van der Waals surface area contributed by atoms with Crippen LogP contribution in [-0.2, 0) is 0 Å². The number of hydrogen-bond acceptors (Lipinski definition) is 1. The van der Waals surface area contributed by atoms with Crippen molar-refractivity contribution in [2.75, 3.05) is 14.1 Å². The van der Waals surface area contributed by atoms with Crippen LogP contribution in [0.3, 0.4) is 0 Å². The minimum atomic E-state index is -0.176. The van der Waals surface area contributed by atoms with E-state index >= 15 is 0 Å². The zero-order valence-corrected chi connectivity index (χ0v) is 9.71. The number of halogens is 1. The first-order chi connectivity index (χ1) is 6.61. The SMILES string of the molecule is CC.CC(c1ccc(F)cc1)N(C)C. The Morgan fingerprint density at radius 2 is 1.50 bits per heavy atom. The van der Waals surface area contributed by atoms with Crippen molar-refractivity contribution in [2.45, 2.75) is 26.8 Å². The average molecular weight is 197 g/mol. The monoisotopic (exact) mass is 197 g/mol. The highest BCUT2D eigenvalue weighted by atomic mass is 19.1. The Morgan fingerprint density at radius 1 is 1.07 bits per heavy atom. The van der Waals surface area contributed by atoms with Crippen LogP contribution in [0.4, 0.5) is 4.39 Å². The van der Waals surface area contributed by atoms with E-state index in [0.29, 0.717) is 6.04 Å². The van der Waals surface area contributed by atoms with Gasteiger partial charge in [0.2, 0.25) is 0 Å². The molecule has 0 aliphatic rings. The molecule has 1 nitrogen and oxygen atoms in total. The number of rotatable bonds is 2. The molecule has 1 rings (SSSR count). The molecule has 1 aromatic rings. The standard InChI is InChI=1S/C10H14FN.C2H6/c1-8(12(2)3)9-4-6-10(11)7-5-9;1-2/h4-8H,1-3H3;1-2H3. The lowest BCUT2D eigenvalue weighted by Gasteiger charge is -2.19. The van der Waals surface area contributed by atoms with E-state index in [4.69, 9.17) is 0 Å². The molecule has 1 unspecified atom stereocenters. The summed E-state index contributed by atoms with van der Waals surface area (Å²) in [5, 5.41) is 0.